The lowest BCUT2D eigenvalue weighted by atomic mass is 10.2. The second-order valence-electron chi connectivity index (χ2n) is 3.43. The Hall–Kier alpha value is -1.33. The number of H-pyrrole nitrogens is 1. The van der Waals surface area contributed by atoms with Crippen molar-refractivity contribution >= 4 is 5.97 Å². The van der Waals surface area contributed by atoms with Crippen LogP contribution in [0.25, 0.3) is 0 Å². The van der Waals surface area contributed by atoms with Crippen molar-refractivity contribution in [2.45, 2.75) is 18.9 Å². The average Bonchev–Trinajstić information content (AvgIpc) is 2.63. The number of nitrogens with one attached hydrogen (secondary N) is 2. The minimum absolute atomic E-state index is 0.211. The summed E-state index contributed by atoms with van der Waals surface area (Å²) < 4.78 is 0. The number of hydrogen-bond donors (Lipinski definition) is 4. The van der Waals surface area contributed by atoms with E-state index < -0.39 is 12.1 Å². The Labute approximate surface area is 88.1 Å². The number of aliphatic hydroxyl groups is 1. The Morgan fingerprint density at radius 3 is 3.00 bits per heavy atom. The molecule has 0 aliphatic rings. The van der Waals surface area contributed by atoms with Crippen LogP contribution in [-0.4, -0.2) is 40.4 Å². The third-order valence-electron chi connectivity index (χ3n) is 2.04. The first-order valence-electron chi connectivity index (χ1n) is 4.90. The van der Waals surface area contributed by atoms with Crippen LogP contribution in [0.15, 0.2) is 18.5 Å². The number of hydrogen-bond acceptors (Lipinski definition) is 3. The van der Waals surface area contributed by atoms with Gasteiger partial charge in [-0.25, -0.2) is 0 Å². The summed E-state index contributed by atoms with van der Waals surface area (Å²) in [6.45, 7) is 1.05. The van der Waals surface area contributed by atoms with E-state index in [4.69, 9.17) is 5.11 Å². The van der Waals surface area contributed by atoms with E-state index in [1.54, 1.807) is 0 Å². The lowest BCUT2D eigenvalue weighted by Gasteiger charge is -2.08. The average molecular weight is 212 g/mol. The van der Waals surface area contributed by atoms with Gasteiger partial charge in [0.2, 0.25) is 0 Å². The van der Waals surface area contributed by atoms with Crippen molar-refractivity contribution in [1.82, 2.24) is 10.3 Å². The summed E-state index contributed by atoms with van der Waals surface area (Å²) in [6, 6.07) is 1.98. The smallest absolute Gasteiger partial charge is 0.306 e. The molecular formula is C10H16N2O3. The normalized spacial score (nSPS) is 12.6. The Bertz CT molecular complexity index is 285. The fourth-order valence-corrected chi connectivity index (χ4v) is 1.29. The van der Waals surface area contributed by atoms with Crippen molar-refractivity contribution in [3.63, 3.8) is 0 Å². The van der Waals surface area contributed by atoms with Crippen molar-refractivity contribution in [2.75, 3.05) is 13.1 Å². The fraction of sp³-hybridized carbons (Fsp3) is 0.500. The van der Waals surface area contributed by atoms with E-state index in [0.29, 0.717) is 6.54 Å². The first kappa shape index (κ1) is 11.7. The van der Waals surface area contributed by atoms with Gasteiger partial charge in [-0.2, -0.15) is 0 Å². The van der Waals surface area contributed by atoms with Crippen LogP contribution in [0.3, 0.4) is 0 Å². The lowest BCUT2D eigenvalue weighted by molar-refractivity contribution is -0.139. The van der Waals surface area contributed by atoms with Gasteiger partial charge in [0, 0.05) is 18.9 Å². The van der Waals surface area contributed by atoms with Gasteiger partial charge in [0.05, 0.1) is 12.5 Å². The van der Waals surface area contributed by atoms with E-state index in [-0.39, 0.29) is 6.42 Å². The highest BCUT2D eigenvalue weighted by Gasteiger charge is 2.08. The molecule has 5 nitrogen and oxygen atoms in total. The molecule has 84 valence electrons. The summed E-state index contributed by atoms with van der Waals surface area (Å²) in [5, 5.41) is 20.6. The van der Waals surface area contributed by atoms with E-state index in [2.05, 4.69) is 10.3 Å². The van der Waals surface area contributed by atoms with Crippen LogP contribution in [0.1, 0.15) is 12.0 Å². The first-order chi connectivity index (χ1) is 7.18. The van der Waals surface area contributed by atoms with Gasteiger partial charge in [0.15, 0.2) is 0 Å². The quantitative estimate of drug-likeness (QED) is 0.479. The van der Waals surface area contributed by atoms with E-state index >= 15 is 0 Å². The number of aromatic nitrogens is 1. The Morgan fingerprint density at radius 1 is 1.60 bits per heavy atom. The summed E-state index contributed by atoms with van der Waals surface area (Å²) in [5.41, 5.74) is 1.19. The summed E-state index contributed by atoms with van der Waals surface area (Å²) in [7, 11) is 0. The zero-order valence-corrected chi connectivity index (χ0v) is 8.44. The third kappa shape index (κ3) is 5.19. The first-order valence-corrected chi connectivity index (χ1v) is 4.90. The van der Waals surface area contributed by atoms with Gasteiger partial charge in [-0.1, -0.05) is 0 Å². The highest BCUT2D eigenvalue weighted by Crippen LogP contribution is 1.96. The van der Waals surface area contributed by atoms with E-state index in [9.17, 15) is 9.90 Å². The number of rotatable bonds is 7. The Morgan fingerprint density at radius 2 is 2.40 bits per heavy atom. The zero-order chi connectivity index (χ0) is 11.1. The predicted molar refractivity (Wildman–Crippen MR) is 55.6 cm³/mol. The fourth-order valence-electron chi connectivity index (χ4n) is 1.29. The van der Waals surface area contributed by atoms with Gasteiger partial charge >= 0.3 is 5.97 Å². The molecule has 0 spiro atoms. The second-order valence-corrected chi connectivity index (χ2v) is 3.43. The molecule has 0 aliphatic carbocycles. The number of carboxylic acids is 1. The van der Waals surface area contributed by atoms with Crippen LogP contribution < -0.4 is 5.32 Å². The molecule has 1 aromatic rings. The number of aliphatic carboxylic acids is 1. The van der Waals surface area contributed by atoms with Crippen LogP contribution in [0.2, 0.25) is 0 Å². The number of aromatic amines is 1. The van der Waals surface area contributed by atoms with Crippen LogP contribution in [0, 0.1) is 0 Å². The molecule has 1 heterocycles. The maximum absolute atomic E-state index is 10.2. The zero-order valence-electron chi connectivity index (χ0n) is 8.44. The molecular weight excluding hydrogens is 196 g/mol. The number of carbonyl (C=O) groups is 1. The van der Waals surface area contributed by atoms with Crippen LogP contribution >= 0.6 is 0 Å². The monoisotopic (exact) mass is 212 g/mol. The molecule has 1 atom stereocenters. The molecule has 15 heavy (non-hydrogen) atoms. The van der Waals surface area contributed by atoms with E-state index in [1.807, 2.05) is 18.5 Å². The summed E-state index contributed by atoms with van der Waals surface area (Å²) in [6.07, 6.45) is 3.61. The van der Waals surface area contributed by atoms with Crippen LogP contribution in [0.4, 0.5) is 0 Å². The summed E-state index contributed by atoms with van der Waals surface area (Å²) >= 11 is 0. The van der Waals surface area contributed by atoms with Crippen molar-refractivity contribution in [3.05, 3.63) is 24.0 Å². The topological polar surface area (TPSA) is 85.3 Å². The molecule has 0 fully saturated rings. The van der Waals surface area contributed by atoms with E-state index in [1.165, 1.54) is 5.56 Å². The van der Waals surface area contributed by atoms with Crippen molar-refractivity contribution < 1.29 is 15.0 Å². The van der Waals surface area contributed by atoms with Gasteiger partial charge in [-0.05, 0) is 24.6 Å². The van der Waals surface area contributed by atoms with Crippen molar-refractivity contribution in [2.24, 2.45) is 0 Å². The minimum Gasteiger partial charge on any atom is -0.481 e. The molecule has 0 bridgehead atoms. The second kappa shape index (κ2) is 6.21. The molecule has 5 heteroatoms. The molecule has 0 saturated heterocycles. The molecule has 0 aromatic carbocycles. The predicted octanol–water partition coefficient (Wildman–Crippen LogP) is -0.0176. The number of carboxylic acid groups (broad SMARTS) is 1. The molecule has 0 aliphatic heterocycles. The molecule has 1 rings (SSSR count). The molecule has 0 radical (unpaired) electrons. The Kier molecular flexibility index (Phi) is 4.86. The molecule has 1 aromatic heterocycles. The third-order valence-corrected chi connectivity index (χ3v) is 2.04. The van der Waals surface area contributed by atoms with Crippen molar-refractivity contribution in [3.8, 4) is 0 Å². The highest BCUT2D eigenvalue weighted by atomic mass is 16.4. The Balaban J connectivity index is 2.04. The van der Waals surface area contributed by atoms with E-state index in [0.717, 1.165) is 13.0 Å². The molecule has 0 saturated carbocycles. The summed E-state index contributed by atoms with van der Waals surface area (Å²) in [4.78, 5) is 13.2. The molecule has 4 N–H and O–H groups in total. The summed E-state index contributed by atoms with van der Waals surface area (Å²) in [5.74, 6) is -0.977. The van der Waals surface area contributed by atoms with Crippen LogP contribution in [-0.2, 0) is 11.2 Å². The van der Waals surface area contributed by atoms with Gasteiger partial charge in [0.25, 0.3) is 0 Å². The molecule has 1 unspecified atom stereocenters. The molecule has 0 amide bonds. The largest absolute Gasteiger partial charge is 0.481 e. The number of aliphatic hydroxyl groups excluding tert-OH is 1. The maximum Gasteiger partial charge on any atom is 0.306 e. The van der Waals surface area contributed by atoms with Gasteiger partial charge in [0.1, 0.15) is 0 Å². The highest BCUT2D eigenvalue weighted by molar-refractivity contribution is 5.67. The maximum atomic E-state index is 10.2. The minimum atomic E-state index is -0.977. The van der Waals surface area contributed by atoms with Gasteiger partial charge in [-0.15, -0.1) is 0 Å². The lowest BCUT2D eigenvalue weighted by Crippen LogP contribution is -2.30. The van der Waals surface area contributed by atoms with Gasteiger partial charge in [-0.3, -0.25) is 4.79 Å². The van der Waals surface area contributed by atoms with Crippen molar-refractivity contribution in [1.29, 1.82) is 0 Å². The van der Waals surface area contributed by atoms with Crippen LogP contribution in [0.5, 0.6) is 0 Å². The standard InChI is InChI=1S/C10H16N2O3/c13-9(5-10(14)15)7-12-4-2-8-1-3-11-6-8/h1,3,6,9,11-13H,2,4-5,7H2,(H,14,15). The SMILES string of the molecule is O=C(O)CC(O)CNCCc1cc[nH]c1. The van der Waals surface area contributed by atoms with Gasteiger partial charge < -0.3 is 20.5 Å².